The molecule has 0 fully saturated rings. The number of nitrogens with two attached hydrogens (primary N) is 1. The molecule has 0 amide bonds. The molecule has 0 aromatic carbocycles. The Bertz CT molecular complexity index is 335. The zero-order valence-electron chi connectivity index (χ0n) is 10.9. The van der Waals surface area contributed by atoms with Crippen LogP contribution in [0, 0.1) is 5.92 Å². The van der Waals surface area contributed by atoms with Crippen LogP contribution in [-0.4, -0.2) is 6.54 Å². The van der Waals surface area contributed by atoms with Crippen LogP contribution >= 0.6 is 0 Å². The highest BCUT2D eigenvalue weighted by atomic mass is 14.9. The Balaban J connectivity index is 2.86. The molecule has 2 heteroatoms. The highest BCUT2D eigenvalue weighted by Crippen LogP contribution is 2.24. The summed E-state index contributed by atoms with van der Waals surface area (Å²) in [6, 6.07) is 0. The van der Waals surface area contributed by atoms with Crippen LogP contribution in [0.5, 0.6) is 0 Å². The SMILES string of the molecule is CCC1=C(C)NC/C1=C(N)\C=C/C(C)CC. The molecule has 1 rings (SSSR count). The minimum atomic E-state index is 0.601. The van der Waals surface area contributed by atoms with Crippen LogP contribution in [0.1, 0.15) is 40.5 Å². The summed E-state index contributed by atoms with van der Waals surface area (Å²) >= 11 is 0. The lowest BCUT2D eigenvalue weighted by atomic mass is 10.0. The van der Waals surface area contributed by atoms with Gasteiger partial charge in [-0.05, 0) is 36.5 Å². The Hall–Kier alpha value is -1.18. The monoisotopic (exact) mass is 220 g/mol. The predicted octanol–water partition coefficient (Wildman–Crippen LogP) is 3.09. The van der Waals surface area contributed by atoms with Gasteiger partial charge in [-0.15, -0.1) is 0 Å². The van der Waals surface area contributed by atoms with E-state index in [1.807, 2.05) is 0 Å². The average Bonchev–Trinajstić information content (AvgIpc) is 2.66. The van der Waals surface area contributed by atoms with Crippen molar-refractivity contribution >= 4 is 0 Å². The number of hydrogen-bond donors (Lipinski definition) is 2. The van der Waals surface area contributed by atoms with E-state index in [0.29, 0.717) is 5.92 Å². The van der Waals surface area contributed by atoms with E-state index in [0.717, 1.165) is 25.1 Å². The molecule has 1 aliphatic rings. The molecule has 16 heavy (non-hydrogen) atoms. The highest BCUT2D eigenvalue weighted by molar-refractivity contribution is 5.45. The second-order valence-electron chi connectivity index (χ2n) is 4.49. The van der Waals surface area contributed by atoms with Gasteiger partial charge >= 0.3 is 0 Å². The first-order chi connectivity index (χ1) is 7.60. The molecule has 0 aromatic heterocycles. The normalized spacial score (nSPS) is 21.5. The van der Waals surface area contributed by atoms with Gasteiger partial charge in [-0.25, -0.2) is 0 Å². The number of rotatable bonds is 4. The summed E-state index contributed by atoms with van der Waals surface area (Å²) in [7, 11) is 0. The van der Waals surface area contributed by atoms with Crippen LogP contribution in [0.15, 0.2) is 34.7 Å². The third-order valence-electron chi connectivity index (χ3n) is 3.30. The maximum absolute atomic E-state index is 6.13. The maximum atomic E-state index is 6.13. The van der Waals surface area contributed by atoms with Crippen LogP contribution in [0.2, 0.25) is 0 Å². The van der Waals surface area contributed by atoms with Crippen molar-refractivity contribution in [2.24, 2.45) is 11.7 Å². The summed E-state index contributed by atoms with van der Waals surface area (Å²) in [5.41, 5.74) is 11.0. The van der Waals surface area contributed by atoms with Crippen LogP contribution in [0.25, 0.3) is 0 Å². The fourth-order valence-corrected chi connectivity index (χ4v) is 1.92. The molecule has 1 unspecified atom stereocenters. The van der Waals surface area contributed by atoms with Gasteiger partial charge in [0.1, 0.15) is 0 Å². The van der Waals surface area contributed by atoms with Crippen molar-refractivity contribution in [1.29, 1.82) is 0 Å². The molecule has 0 radical (unpaired) electrons. The molecule has 3 N–H and O–H groups in total. The molecule has 0 aromatic rings. The second kappa shape index (κ2) is 5.78. The molecule has 0 aliphatic carbocycles. The van der Waals surface area contributed by atoms with Crippen molar-refractivity contribution in [2.75, 3.05) is 6.54 Å². The average molecular weight is 220 g/mol. The summed E-state index contributed by atoms with van der Waals surface area (Å²) in [5, 5.41) is 3.36. The molecule has 1 heterocycles. The van der Waals surface area contributed by atoms with Crippen LogP contribution < -0.4 is 11.1 Å². The van der Waals surface area contributed by atoms with Crippen LogP contribution in [0.3, 0.4) is 0 Å². The van der Waals surface area contributed by atoms with E-state index in [-0.39, 0.29) is 0 Å². The van der Waals surface area contributed by atoms with Crippen molar-refractivity contribution in [3.05, 3.63) is 34.7 Å². The Labute approximate surface area is 99.3 Å². The van der Waals surface area contributed by atoms with E-state index in [1.54, 1.807) is 0 Å². The first-order valence-corrected chi connectivity index (χ1v) is 6.20. The summed E-state index contributed by atoms with van der Waals surface area (Å²) in [4.78, 5) is 0. The molecule has 0 spiro atoms. The fraction of sp³-hybridized carbons (Fsp3) is 0.571. The van der Waals surface area contributed by atoms with Gasteiger partial charge in [0.25, 0.3) is 0 Å². The maximum Gasteiger partial charge on any atom is 0.0421 e. The van der Waals surface area contributed by atoms with Gasteiger partial charge in [0.05, 0.1) is 0 Å². The largest absolute Gasteiger partial charge is 0.398 e. The van der Waals surface area contributed by atoms with Crippen molar-refractivity contribution in [2.45, 2.75) is 40.5 Å². The zero-order valence-corrected chi connectivity index (χ0v) is 10.9. The molecule has 1 atom stereocenters. The minimum absolute atomic E-state index is 0.601. The highest BCUT2D eigenvalue weighted by Gasteiger charge is 2.16. The molecule has 90 valence electrons. The number of nitrogens with one attached hydrogen (secondary N) is 1. The predicted molar refractivity (Wildman–Crippen MR) is 70.8 cm³/mol. The molecule has 1 aliphatic heterocycles. The van der Waals surface area contributed by atoms with Crippen molar-refractivity contribution in [1.82, 2.24) is 5.32 Å². The lowest BCUT2D eigenvalue weighted by Crippen LogP contribution is -2.09. The van der Waals surface area contributed by atoms with E-state index in [1.165, 1.54) is 16.8 Å². The van der Waals surface area contributed by atoms with E-state index in [4.69, 9.17) is 5.73 Å². The first kappa shape index (κ1) is 12.9. The summed E-state index contributed by atoms with van der Waals surface area (Å²) in [6.07, 6.45) is 6.47. The molecule has 0 bridgehead atoms. The lowest BCUT2D eigenvalue weighted by Gasteiger charge is -2.06. The third-order valence-corrected chi connectivity index (χ3v) is 3.30. The van der Waals surface area contributed by atoms with Gasteiger partial charge in [0, 0.05) is 17.9 Å². The summed E-state index contributed by atoms with van der Waals surface area (Å²) in [6.45, 7) is 9.58. The Morgan fingerprint density at radius 2 is 2.19 bits per heavy atom. The topological polar surface area (TPSA) is 38.0 Å². The lowest BCUT2D eigenvalue weighted by molar-refractivity contribution is 0.697. The minimum Gasteiger partial charge on any atom is -0.398 e. The fourth-order valence-electron chi connectivity index (χ4n) is 1.92. The molecule has 0 saturated carbocycles. The molecule has 0 saturated heterocycles. The number of hydrogen-bond acceptors (Lipinski definition) is 2. The summed E-state index contributed by atoms with van der Waals surface area (Å²) < 4.78 is 0. The Morgan fingerprint density at radius 3 is 2.75 bits per heavy atom. The van der Waals surface area contributed by atoms with Crippen molar-refractivity contribution in [3.8, 4) is 0 Å². The molecular weight excluding hydrogens is 196 g/mol. The Morgan fingerprint density at radius 1 is 1.50 bits per heavy atom. The van der Waals surface area contributed by atoms with E-state index in [2.05, 4.69) is 45.2 Å². The van der Waals surface area contributed by atoms with Gasteiger partial charge in [-0.1, -0.05) is 33.3 Å². The van der Waals surface area contributed by atoms with E-state index in [9.17, 15) is 0 Å². The van der Waals surface area contributed by atoms with Gasteiger partial charge in [-0.3, -0.25) is 0 Å². The van der Waals surface area contributed by atoms with Crippen molar-refractivity contribution < 1.29 is 0 Å². The summed E-state index contributed by atoms with van der Waals surface area (Å²) in [5.74, 6) is 0.601. The smallest absolute Gasteiger partial charge is 0.0421 e. The van der Waals surface area contributed by atoms with Gasteiger partial charge in [0.15, 0.2) is 0 Å². The third kappa shape index (κ3) is 2.91. The van der Waals surface area contributed by atoms with E-state index >= 15 is 0 Å². The molecule has 2 nitrogen and oxygen atoms in total. The second-order valence-corrected chi connectivity index (χ2v) is 4.49. The number of allylic oxidation sites excluding steroid dienone is 3. The molecular formula is C14H24N2. The van der Waals surface area contributed by atoms with Gasteiger partial charge < -0.3 is 11.1 Å². The van der Waals surface area contributed by atoms with Gasteiger partial charge in [0.2, 0.25) is 0 Å². The van der Waals surface area contributed by atoms with Gasteiger partial charge in [-0.2, -0.15) is 0 Å². The Kier molecular flexibility index (Phi) is 4.66. The standard InChI is InChI=1S/C14H24N2/c1-5-10(3)7-8-14(15)13-9-16-11(4)12(13)6-2/h7-8,10,16H,5-6,9,15H2,1-4H3/b8-7-,14-13-. The zero-order chi connectivity index (χ0) is 12.1. The quantitative estimate of drug-likeness (QED) is 0.764. The van der Waals surface area contributed by atoms with E-state index < -0.39 is 0 Å². The van der Waals surface area contributed by atoms with Crippen LogP contribution in [0.4, 0.5) is 0 Å². The van der Waals surface area contributed by atoms with Crippen LogP contribution in [-0.2, 0) is 0 Å². The van der Waals surface area contributed by atoms with Crippen molar-refractivity contribution in [3.63, 3.8) is 0 Å². The first-order valence-electron chi connectivity index (χ1n) is 6.20.